The van der Waals surface area contributed by atoms with Gasteiger partial charge in [-0.3, -0.25) is 0 Å². The van der Waals surface area contributed by atoms with Crippen LogP contribution in [0.1, 0.15) is 33.6 Å². The molecule has 0 bridgehead atoms. The van der Waals surface area contributed by atoms with E-state index >= 15 is 0 Å². The molecule has 0 amide bonds. The maximum absolute atomic E-state index is 9.00. The monoisotopic (exact) mass is 209 g/mol. The Morgan fingerprint density at radius 3 is 2.73 bits per heavy atom. The SMILES string of the molecule is CCCNC(C#N)CN1CCC(C)(C)C1. The largest absolute Gasteiger partial charge is 0.301 e. The molecule has 0 radical (unpaired) electrons. The van der Waals surface area contributed by atoms with Crippen molar-refractivity contribution in [3.63, 3.8) is 0 Å². The van der Waals surface area contributed by atoms with E-state index < -0.39 is 0 Å². The first-order chi connectivity index (χ1) is 7.07. The van der Waals surface area contributed by atoms with Crippen LogP contribution in [0.15, 0.2) is 0 Å². The van der Waals surface area contributed by atoms with Crippen LogP contribution in [0.25, 0.3) is 0 Å². The molecule has 1 aliphatic rings. The van der Waals surface area contributed by atoms with Crippen LogP contribution in [0.5, 0.6) is 0 Å². The van der Waals surface area contributed by atoms with Crippen molar-refractivity contribution in [1.29, 1.82) is 5.26 Å². The van der Waals surface area contributed by atoms with E-state index in [-0.39, 0.29) is 6.04 Å². The molecule has 3 nitrogen and oxygen atoms in total. The lowest BCUT2D eigenvalue weighted by atomic mass is 9.93. The molecule has 0 aromatic heterocycles. The van der Waals surface area contributed by atoms with Crippen molar-refractivity contribution in [3.05, 3.63) is 0 Å². The Balaban J connectivity index is 2.31. The predicted molar refractivity (Wildman–Crippen MR) is 62.5 cm³/mol. The summed E-state index contributed by atoms with van der Waals surface area (Å²) in [5, 5.41) is 12.3. The summed E-state index contributed by atoms with van der Waals surface area (Å²) in [5.74, 6) is 0. The van der Waals surface area contributed by atoms with Gasteiger partial charge in [0.2, 0.25) is 0 Å². The summed E-state index contributed by atoms with van der Waals surface area (Å²) in [5.41, 5.74) is 0.435. The number of hydrogen-bond donors (Lipinski definition) is 1. The number of likely N-dealkylation sites (tertiary alicyclic amines) is 1. The molecule has 1 saturated heterocycles. The number of nitrogens with one attached hydrogen (secondary N) is 1. The van der Waals surface area contributed by atoms with Gasteiger partial charge in [-0.1, -0.05) is 20.8 Å². The summed E-state index contributed by atoms with van der Waals surface area (Å²) in [7, 11) is 0. The van der Waals surface area contributed by atoms with Gasteiger partial charge in [0.1, 0.15) is 6.04 Å². The highest BCUT2D eigenvalue weighted by Gasteiger charge is 2.30. The summed E-state index contributed by atoms with van der Waals surface area (Å²) >= 11 is 0. The Morgan fingerprint density at radius 2 is 2.27 bits per heavy atom. The number of nitrogens with zero attached hydrogens (tertiary/aromatic N) is 2. The number of hydrogen-bond acceptors (Lipinski definition) is 3. The van der Waals surface area contributed by atoms with Crippen LogP contribution in [0.4, 0.5) is 0 Å². The zero-order chi connectivity index (χ0) is 11.3. The van der Waals surface area contributed by atoms with Crippen molar-refractivity contribution in [1.82, 2.24) is 10.2 Å². The number of rotatable bonds is 5. The quantitative estimate of drug-likeness (QED) is 0.747. The molecule has 1 aliphatic heterocycles. The third-order valence-corrected chi connectivity index (χ3v) is 2.99. The Morgan fingerprint density at radius 1 is 1.53 bits per heavy atom. The van der Waals surface area contributed by atoms with Crippen molar-refractivity contribution in [2.75, 3.05) is 26.2 Å². The average molecular weight is 209 g/mol. The maximum atomic E-state index is 9.00. The summed E-state index contributed by atoms with van der Waals surface area (Å²) in [6, 6.07) is 2.34. The fourth-order valence-corrected chi connectivity index (χ4v) is 2.11. The van der Waals surface area contributed by atoms with E-state index in [1.807, 2.05) is 0 Å². The summed E-state index contributed by atoms with van der Waals surface area (Å²) in [4.78, 5) is 2.40. The highest BCUT2D eigenvalue weighted by Crippen LogP contribution is 2.28. The van der Waals surface area contributed by atoms with E-state index in [0.717, 1.165) is 32.6 Å². The predicted octanol–water partition coefficient (Wildman–Crippen LogP) is 1.61. The molecule has 1 heterocycles. The van der Waals surface area contributed by atoms with Crippen LogP contribution in [0, 0.1) is 16.7 Å². The van der Waals surface area contributed by atoms with Crippen LogP contribution in [-0.4, -0.2) is 37.1 Å². The van der Waals surface area contributed by atoms with Crippen molar-refractivity contribution in [2.45, 2.75) is 39.7 Å². The molecule has 0 saturated carbocycles. The standard InChI is InChI=1S/C12H23N3/c1-4-6-14-11(8-13)9-15-7-5-12(2,3)10-15/h11,14H,4-7,9-10H2,1-3H3. The smallest absolute Gasteiger partial charge is 0.108 e. The molecule has 1 unspecified atom stereocenters. The van der Waals surface area contributed by atoms with E-state index in [1.54, 1.807) is 0 Å². The van der Waals surface area contributed by atoms with E-state index in [4.69, 9.17) is 5.26 Å². The maximum Gasteiger partial charge on any atom is 0.108 e. The molecule has 1 rings (SSSR count). The van der Waals surface area contributed by atoms with Gasteiger partial charge >= 0.3 is 0 Å². The molecule has 1 atom stereocenters. The topological polar surface area (TPSA) is 39.1 Å². The molecule has 1 fully saturated rings. The van der Waals surface area contributed by atoms with Crippen LogP contribution in [-0.2, 0) is 0 Å². The van der Waals surface area contributed by atoms with Gasteiger partial charge in [-0.15, -0.1) is 0 Å². The first kappa shape index (κ1) is 12.5. The summed E-state index contributed by atoms with van der Waals surface area (Å²) in [6.45, 7) is 10.8. The van der Waals surface area contributed by atoms with Crippen LogP contribution < -0.4 is 5.32 Å². The summed E-state index contributed by atoms with van der Waals surface area (Å²) in [6.07, 6.45) is 2.34. The Bertz CT molecular complexity index is 230. The molecule has 86 valence electrons. The van der Waals surface area contributed by atoms with Crippen molar-refractivity contribution in [2.24, 2.45) is 5.41 Å². The van der Waals surface area contributed by atoms with Crippen molar-refractivity contribution in [3.8, 4) is 6.07 Å². The second-order valence-electron chi connectivity index (χ2n) is 5.29. The number of nitriles is 1. The molecular formula is C12H23N3. The van der Waals surface area contributed by atoms with Crippen LogP contribution in [0.3, 0.4) is 0 Å². The Labute approximate surface area is 93.5 Å². The zero-order valence-electron chi connectivity index (χ0n) is 10.2. The Hall–Kier alpha value is -0.590. The first-order valence-corrected chi connectivity index (χ1v) is 5.93. The van der Waals surface area contributed by atoms with Gasteiger partial charge in [-0.2, -0.15) is 5.26 Å². The molecule has 3 heteroatoms. The molecule has 1 N–H and O–H groups in total. The molecular weight excluding hydrogens is 186 g/mol. The van der Waals surface area contributed by atoms with E-state index in [9.17, 15) is 0 Å². The van der Waals surface area contributed by atoms with Crippen molar-refractivity contribution < 1.29 is 0 Å². The minimum atomic E-state index is -0.00106. The molecule has 0 spiro atoms. The highest BCUT2D eigenvalue weighted by atomic mass is 15.2. The van der Waals surface area contributed by atoms with E-state index in [2.05, 4.69) is 37.1 Å². The van der Waals surface area contributed by atoms with E-state index in [0.29, 0.717) is 5.41 Å². The van der Waals surface area contributed by atoms with Gasteiger partial charge in [-0.25, -0.2) is 0 Å². The normalized spacial score (nSPS) is 22.5. The minimum Gasteiger partial charge on any atom is -0.301 e. The van der Waals surface area contributed by atoms with Gasteiger partial charge in [0.05, 0.1) is 6.07 Å². The lowest BCUT2D eigenvalue weighted by Crippen LogP contribution is -2.40. The summed E-state index contributed by atoms with van der Waals surface area (Å²) < 4.78 is 0. The van der Waals surface area contributed by atoms with Gasteiger partial charge in [0.15, 0.2) is 0 Å². The van der Waals surface area contributed by atoms with Gasteiger partial charge in [-0.05, 0) is 31.3 Å². The van der Waals surface area contributed by atoms with Gasteiger partial charge in [0.25, 0.3) is 0 Å². The van der Waals surface area contributed by atoms with Crippen molar-refractivity contribution >= 4 is 0 Å². The zero-order valence-corrected chi connectivity index (χ0v) is 10.2. The lowest BCUT2D eigenvalue weighted by Gasteiger charge is -2.22. The lowest BCUT2D eigenvalue weighted by molar-refractivity contribution is 0.275. The third kappa shape index (κ3) is 4.19. The molecule has 0 aromatic rings. The Kier molecular flexibility index (Phi) is 4.56. The van der Waals surface area contributed by atoms with Crippen LogP contribution >= 0.6 is 0 Å². The van der Waals surface area contributed by atoms with Gasteiger partial charge in [0, 0.05) is 13.1 Å². The molecule has 0 aliphatic carbocycles. The van der Waals surface area contributed by atoms with Gasteiger partial charge < -0.3 is 10.2 Å². The first-order valence-electron chi connectivity index (χ1n) is 5.93. The average Bonchev–Trinajstić information content (AvgIpc) is 2.52. The second-order valence-corrected chi connectivity index (χ2v) is 5.29. The highest BCUT2D eigenvalue weighted by molar-refractivity contribution is 4.94. The molecule has 15 heavy (non-hydrogen) atoms. The fraction of sp³-hybridized carbons (Fsp3) is 0.917. The third-order valence-electron chi connectivity index (χ3n) is 2.99. The second kappa shape index (κ2) is 5.48. The van der Waals surface area contributed by atoms with Crippen LogP contribution in [0.2, 0.25) is 0 Å². The van der Waals surface area contributed by atoms with E-state index in [1.165, 1.54) is 6.42 Å². The minimum absolute atomic E-state index is 0.00106. The molecule has 0 aromatic carbocycles. The fourth-order valence-electron chi connectivity index (χ4n) is 2.11.